The SMILES string of the molecule is CCOC(=O)/C(F)=C/C1CC1C(c1ccccc1)c1ccccc1. The van der Waals surface area contributed by atoms with Gasteiger partial charge in [0.1, 0.15) is 0 Å². The van der Waals surface area contributed by atoms with Gasteiger partial charge in [0.2, 0.25) is 5.83 Å². The number of rotatable bonds is 6. The maximum absolute atomic E-state index is 13.9. The van der Waals surface area contributed by atoms with Crippen LogP contribution < -0.4 is 0 Å². The molecule has 3 rings (SSSR count). The van der Waals surface area contributed by atoms with Gasteiger partial charge in [-0.1, -0.05) is 60.7 Å². The van der Waals surface area contributed by atoms with E-state index in [-0.39, 0.29) is 18.4 Å². The molecule has 124 valence electrons. The second-order valence-electron chi connectivity index (χ2n) is 6.10. The van der Waals surface area contributed by atoms with Gasteiger partial charge in [-0.15, -0.1) is 0 Å². The van der Waals surface area contributed by atoms with E-state index in [9.17, 15) is 9.18 Å². The topological polar surface area (TPSA) is 26.3 Å². The van der Waals surface area contributed by atoms with E-state index in [2.05, 4.69) is 24.3 Å². The Labute approximate surface area is 142 Å². The van der Waals surface area contributed by atoms with Crippen molar-refractivity contribution in [3.05, 3.63) is 83.7 Å². The molecule has 3 heteroatoms. The van der Waals surface area contributed by atoms with E-state index in [4.69, 9.17) is 4.74 Å². The highest BCUT2D eigenvalue weighted by Gasteiger charge is 2.43. The summed E-state index contributed by atoms with van der Waals surface area (Å²) in [5.74, 6) is -1.05. The molecule has 0 saturated heterocycles. The highest BCUT2D eigenvalue weighted by molar-refractivity contribution is 5.86. The summed E-state index contributed by atoms with van der Waals surface area (Å²) in [7, 11) is 0. The van der Waals surface area contributed by atoms with Crippen LogP contribution in [0.25, 0.3) is 0 Å². The first-order valence-corrected chi connectivity index (χ1v) is 8.35. The Morgan fingerprint density at radius 2 is 1.67 bits per heavy atom. The van der Waals surface area contributed by atoms with Gasteiger partial charge in [0.05, 0.1) is 6.61 Å². The Hall–Kier alpha value is -2.42. The zero-order valence-electron chi connectivity index (χ0n) is 13.7. The largest absolute Gasteiger partial charge is 0.461 e. The van der Waals surface area contributed by atoms with Crippen LogP contribution in [-0.4, -0.2) is 12.6 Å². The average molecular weight is 324 g/mol. The molecule has 0 spiro atoms. The Bertz CT molecular complexity index is 670. The minimum atomic E-state index is -0.862. The number of benzene rings is 2. The van der Waals surface area contributed by atoms with Crippen molar-refractivity contribution in [1.82, 2.24) is 0 Å². The molecule has 0 radical (unpaired) electrons. The number of carbonyl (C=O) groups is 1. The third-order valence-corrected chi connectivity index (χ3v) is 4.47. The summed E-state index contributed by atoms with van der Waals surface area (Å²) in [5.41, 5.74) is 2.45. The number of allylic oxidation sites excluding steroid dienone is 1. The third-order valence-electron chi connectivity index (χ3n) is 4.47. The van der Waals surface area contributed by atoms with Crippen LogP contribution in [0.1, 0.15) is 30.4 Å². The van der Waals surface area contributed by atoms with Crippen LogP contribution in [0.5, 0.6) is 0 Å². The minimum Gasteiger partial charge on any atom is -0.461 e. The lowest BCUT2D eigenvalue weighted by molar-refractivity contribution is -0.140. The number of hydrogen-bond acceptors (Lipinski definition) is 2. The zero-order chi connectivity index (χ0) is 16.9. The molecule has 0 amide bonds. The molecule has 2 atom stereocenters. The van der Waals surface area contributed by atoms with Gasteiger partial charge >= 0.3 is 5.97 Å². The number of carbonyl (C=O) groups excluding carboxylic acids is 1. The molecule has 0 aliphatic heterocycles. The van der Waals surface area contributed by atoms with Gasteiger partial charge in [0.25, 0.3) is 0 Å². The van der Waals surface area contributed by atoms with E-state index in [1.165, 1.54) is 17.2 Å². The van der Waals surface area contributed by atoms with Gasteiger partial charge in [-0.3, -0.25) is 0 Å². The van der Waals surface area contributed by atoms with Crippen molar-refractivity contribution >= 4 is 5.97 Å². The van der Waals surface area contributed by atoms with Crippen LogP contribution in [0.15, 0.2) is 72.6 Å². The fourth-order valence-electron chi connectivity index (χ4n) is 3.27. The molecule has 1 aliphatic carbocycles. The summed E-state index contributed by atoms with van der Waals surface area (Å²) in [6.45, 7) is 1.86. The first-order valence-electron chi connectivity index (χ1n) is 8.35. The zero-order valence-corrected chi connectivity index (χ0v) is 13.7. The van der Waals surface area contributed by atoms with Gasteiger partial charge < -0.3 is 4.74 Å². The van der Waals surface area contributed by atoms with Gasteiger partial charge in [-0.2, -0.15) is 4.39 Å². The Morgan fingerprint density at radius 3 is 2.17 bits per heavy atom. The number of ether oxygens (including phenoxy) is 1. The summed E-state index contributed by atoms with van der Waals surface area (Å²) < 4.78 is 18.6. The van der Waals surface area contributed by atoms with Crippen molar-refractivity contribution in [3.63, 3.8) is 0 Å². The van der Waals surface area contributed by atoms with Crippen LogP contribution in [0.2, 0.25) is 0 Å². The summed E-state index contributed by atoms with van der Waals surface area (Å²) in [6.07, 6.45) is 2.31. The number of halogens is 1. The summed E-state index contributed by atoms with van der Waals surface area (Å²) in [4.78, 5) is 11.5. The highest BCUT2D eigenvalue weighted by atomic mass is 19.1. The molecule has 2 aromatic rings. The van der Waals surface area contributed by atoms with Gasteiger partial charge in [-0.25, -0.2) is 4.79 Å². The molecule has 0 bridgehead atoms. The summed E-state index contributed by atoms with van der Waals surface area (Å²) >= 11 is 0. The van der Waals surface area contributed by atoms with E-state index in [0.29, 0.717) is 5.92 Å². The maximum atomic E-state index is 13.9. The Kier molecular flexibility index (Phi) is 5.09. The maximum Gasteiger partial charge on any atom is 0.366 e. The number of hydrogen-bond donors (Lipinski definition) is 0. The van der Waals surface area contributed by atoms with Crippen LogP contribution in [0.4, 0.5) is 4.39 Å². The molecular weight excluding hydrogens is 303 g/mol. The summed E-state index contributed by atoms with van der Waals surface area (Å²) in [5, 5.41) is 0. The number of esters is 1. The Balaban J connectivity index is 1.82. The molecular formula is C21H21FO2. The van der Waals surface area contributed by atoms with Gasteiger partial charge in [0.15, 0.2) is 0 Å². The van der Waals surface area contributed by atoms with Crippen LogP contribution in [0.3, 0.4) is 0 Å². The normalized spacial score (nSPS) is 20.0. The molecule has 0 N–H and O–H groups in total. The molecule has 2 aromatic carbocycles. The molecule has 0 aromatic heterocycles. The predicted octanol–water partition coefficient (Wildman–Crippen LogP) is 4.87. The first kappa shape index (κ1) is 16.4. The molecule has 2 nitrogen and oxygen atoms in total. The predicted molar refractivity (Wildman–Crippen MR) is 92.1 cm³/mol. The van der Waals surface area contributed by atoms with E-state index >= 15 is 0 Å². The molecule has 2 unspecified atom stereocenters. The van der Waals surface area contributed by atoms with Crippen molar-refractivity contribution < 1.29 is 13.9 Å². The monoisotopic (exact) mass is 324 g/mol. The highest BCUT2D eigenvalue weighted by Crippen LogP contribution is 2.52. The average Bonchev–Trinajstić information content (AvgIpc) is 3.36. The molecule has 1 fully saturated rings. The van der Waals surface area contributed by atoms with E-state index in [0.717, 1.165) is 6.42 Å². The molecule has 1 saturated carbocycles. The fraction of sp³-hybridized carbons (Fsp3) is 0.286. The van der Waals surface area contributed by atoms with Crippen molar-refractivity contribution in [2.45, 2.75) is 19.3 Å². The first-order chi connectivity index (χ1) is 11.7. The van der Waals surface area contributed by atoms with Crippen molar-refractivity contribution in [1.29, 1.82) is 0 Å². The standard InChI is InChI=1S/C21H21FO2/c1-2-24-21(23)19(22)14-17-13-18(17)20(15-9-5-3-6-10-15)16-11-7-4-8-12-16/h3-12,14,17-18,20H,2,13H2,1H3/b19-14-. The van der Waals surface area contributed by atoms with E-state index < -0.39 is 11.8 Å². The molecule has 0 heterocycles. The van der Waals surface area contributed by atoms with Crippen molar-refractivity contribution in [2.75, 3.05) is 6.61 Å². The van der Waals surface area contributed by atoms with Crippen molar-refractivity contribution in [2.24, 2.45) is 11.8 Å². The fourth-order valence-corrected chi connectivity index (χ4v) is 3.27. The minimum absolute atomic E-state index is 0.0693. The van der Waals surface area contributed by atoms with Crippen LogP contribution >= 0.6 is 0 Å². The molecule has 24 heavy (non-hydrogen) atoms. The van der Waals surface area contributed by atoms with Crippen LogP contribution in [0, 0.1) is 11.8 Å². The lowest BCUT2D eigenvalue weighted by Gasteiger charge is -2.18. The smallest absolute Gasteiger partial charge is 0.366 e. The quantitative estimate of drug-likeness (QED) is 0.560. The molecule has 1 aliphatic rings. The lowest BCUT2D eigenvalue weighted by atomic mass is 9.86. The van der Waals surface area contributed by atoms with Gasteiger partial charge in [-0.05, 0) is 42.4 Å². The second kappa shape index (κ2) is 7.43. The van der Waals surface area contributed by atoms with E-state index in [1.54, 1.807) is 6.92 Å². The van der Waals surface area contributed by atoms with Crippen LogP contribution in [-0.2, 0) is 9.53 Å². The summed E-state index contributed by atoms with van der Waals surface area (Å²) in [6, 6.07) is 20.5. The van der Waals surface area contributed by atoms with E-state index in [1.807, 2.05) is 36.4 Å². The van der Waals surface area contributed by atoms with Gasteiger partial charge in [0, 0.05) is 5.92 Å². The second-order valence-corrected chi connectivity index (χ2v) is 6.10. The Morgan fingerprint density at radius 1 is 1.12 bits per heavy atom. The third kappa shape index (κ3) is 3.73. The van der Waals surface area contributed by atoms with Crippen molar-refractivity contribution in [3.8, 4) is 0 Å². The lowest BCUT2D eigenvalue weighted by Crippen LogP contribution is -2.06.